The maximum absolute atomic E-state index is 14.4. The van der Waals surface area contributed by atoms with Gasteiger partial charge in [-0.3, -0.25) is 0 Å². The normalized spacial score (nSPS) is 11.8. The highest BCUT2D eigenvalue weighted by atomic mass is 32.2. The number of benzene rings is 2. The summed E-state index contributed by atoms with van der Waals surface area (Å²) in [6.45, 7) is 0.220. The van der Waals surface area contributed by atoms with Gasteiger partial charge in [0.15, 0.2) is 4.90 Å². The molecule has 3 aromatic rings. The van der Waals surface area contributed by atoms with Crippen molar-refractivity contribution in [2.75, 3.05) is 13.7 Å². The lowest BCUT2D eigenvalue weighted by molar-refractivity contribution is 0.194. The van der Waals surface area contributed by atoms with E-state index in [1.165, 1.54) is 24.5 Å². The number of hydrogen-bond donors (Lipinski definition) is 2. The molecule has 146 valence electrons. The zero-order chi connectivity index (χ0) is 20.1. The van der Waals surface area contributed by atoms with Gasteiger partial charge in [-0.05, 0) is 30.7 Å². The molecule has 3 rings (SSSR count). The van der Waals surface area contributed by atoms with Crippen molar-refractivity contribution in [2.24, 2.45) is 0 Å². The van der Waals surface area contributed by atoms with Gasteiger partial charge >= 0.3 is 6.09 Å². The van der Waals surface area contributed by atoms with E-state index in [1.807, 2.05) is 0 Å². The number of hydrogen-bond acceptors (Lipinski definition) is 4. The predicted molar refractivity (Wildman–Crippen MR) is 107 cm³/mol. The number of methoxy groups -OCH3 is 1. The van der Waals surface area contributed by atoms with Crippen LogP contribution >= 0.6 is 11.3 Å². The van der Waals surface area contributed by atoms with Crippen molar-refractivity contribution in [1.82, 2.24) is 5.32 Å². The molecule has 8 heteroatoms. The third-order valence-corrected chi connectivity index (χ3v) is 6.92. The van der Waals surface area contributed by atoms with E-state index in [-0.39, 0.29) is 6.54 Å². The molecule has 0 fully saturated rings. The molecule has 1 atom stereocenters. The zero-order valence-electron chi connectivity index (χ0n) is 15.0. The molecule has 5 nitrogen and oxygen atoms in total. The Balaban J connectivity index is 2.00. The molecular weight excluding hydrogens is 401 g/mol. The molecule has 1 aromatic heterocycles. The van der Waals surface area contributed by atoms with Crippen molar-refractivity contribution in [1.29, 1.82) is 0 Å². The summed E-state index contributed by atoms with van der Waals surface area (Å²) in [7, 11) is 1.53. The van der Waals surface area contributed by atoms with E-state index in [2.05, 4.69) is 5.32 Å². The van der Waals surface area contributed by atoms with Crippen LogP contribution in [-0.2, 0) is 17.6 Å². The molecule has 0 radical (unpaired) electrons. The fourth-order valence-corrected chi connectivity index (χ4v) is 5.49. The molecule has 0 bridgehead atoms. The smallest absolute Gasteiger partial charge is 0.404 e. The lowest BCUT2D eigenvalue weighted by atomic mass is 10.1. The Labute approximate surface area is 169 Å². The standard InChI is InChI=1S/C20H18FNO4S2/c1-26-13-5-4-6-15(11-13)28(25)19-17(16-7-2-3-8-18(16)21)12-14(27-19)9-10-22-20(23)24/h2-8,11-12,22H,9-10H2,1H3,(H,23,24). The molecule has 1 heterocycles. The molecule has 0 aliphatic carbocycles. The number of amides is 1. The minimum atomic E-state index is -1.54. The Kier molecular flexibility index (Phi) is 6.56. The molecule has 0 aliphatic heterocycles. The van der Waals surface area contributed by atoms with E-state index in [9.17, 15) is 13.7 Å². The summed E-state index contributed by atoms with van der Waals surface area (Å²) in [6.07, 6.45) is -0.681. The van der Waals surface area contributed by atoms with Crippen molar-refractivity contribution in [3.8, 4) is 16.9 Å². The fourth-order valence-electron chi connectivity index (χ4n) is 2.67. The number of carboxylic acid groups (broad SMARTS) is 1. The highest BCUT2D eigenvalue weighted by Gasteiger charge is 2.26. The van der Waals surface area contributed by atoms with Gasteiger partial charge in [0, 0.05) is 34.2 Å². The third kappa shape index (κ3) is 4.64. The SMILES string of the molecule is COc1cccc([S+]([O-])c2sc(CCNC(=O)O)cc2-c2ccccc2F)c1. The van der Waals surface area contributed by atoms with Gasteiger partial charge in [0.2, 0.25) is 4.21 Å². The average molecular weight is 419 g/mol. The Morgan fingerprint density at radius 2 is 2.00 bits per heavy atom. The van der Waals surface area contributed by atoms with Crippen molar-refractivity contribution in [2.45, 2.75) is 15.5 Å². The monoisotopic (exact) mass is 419 g/mol. The molecule has 0 aliphatic rings. The maximum Gasteiger partial charge on any atom is 0.404 e. The van der Waals surface area contributed by atoms with Crippen LogP contribution in [0.5, 0.6) is 5.75 Å². The van der Waals surface area contributed by atoms with Gasteiger partial charge in [-0.1, -0.05) is 35.6 Å². The Bertz CT molecular complexity index is 976. The highest BCUT2D eigenvalue weighted by molar-refractivity contribution is 7.93. The van der Waals surface area contributed by atoms with Gasteiger partial charge in [-0.2, -0.15) is 0 Å². The van der Waals surface area contributed by atoms with Crippen LogP contribution in [0.15, 0.2) is 63.7 Å². The van der Waals surface area contributed by atoms with E-state index in [4.69, 9.17) is 9.84 Å². The summed E-state index contributed by atoms with van der Waals surface area (Å²) < 4.78 is 33.4. The van der Waals surface area contributed by atoms with Gasteiger partial charge in [-0.15, -0.1) is 0 Å². The fraction of sp³-hybridized carbons (Fsp3) is 0.150. The van der Waals surface area contributed by atoms with Gasteiger partial charge in [0.25, 0.3) is 0 Å². The van der Waals surface area contributed by atoms with Crippen LogP contribution in [0.1, 0.15) is 4.88 Å². The van der Waals surface area contributed by atoms with Crippen LogP contribution in [0.3, 0.4) is 0 Å². The topological polar surface area (TPSA) is 81.6 Å². The lowest BCUT2D eigenvalue weighted by Crippen LogP contribution is -2.22. The van der Waals surface area contributed by atoms with Crippen LogP contribution in [-0.4, -0.2) is 29.4 Å². The largest absolute Gasteiger partial charge is 0.606 e. The molecule has 2 aromatic carbocycles. The van der Waals surface area contributed by atoms with E-state index in [0.29, 0.717) is 32.4 Å². The first kappa shape index (κ1) is 20.2. The van der Waals surface area contributed by atoms with E-state index in [0.717, 1.165) is 4.88 Å². The number of halogens is 1. The minimum Gasteiger partial charge on any atom is -0.606 e. The Morgan fingerprint density at radius 1 is 1.21 bits per heavy atom. The molecule has 2 N–H and O–H groups in total. The summed E-state index contributed by atoms with van der Waals surface area (Å²) in [5, 5.41) is 11.0. The quantitative estimate of drug-likeness (QED) is 0.551. The first-order chi connectivity index (χ1) is 13.5. The van der Waals surface area contributed by atoms with Crippen LogP contribution < -0.4 is 10.1 Å². The highest BCUT2D eigenvalue weighted by Crippen LogP contribution is 2.39. The van der Waals surface area contributed by atoms with Crippen molar-refractivity contribution in [3.63, 3.8) is 0 Å². The van der Waals surface area contributed by atoms with Crippen LogP contribution in [0.2, 0.25) is 0 Å². The minimum absolute atomic E-state index is 0.220. The van der Waals surface area contributed by atoms with Gasteiger partial charge in [-0.25, -0.2) is 9.18 Å². The Hall–Kier alpha value is -2.55. The van der Waals surface area contributed by atoms with E-state index in [1.54, 1.807) is 48.5 Å². The first-order valence-electron chi connectivity index (χ1n) is 8.40. The summed E-state index contributed by atoms with van der Waals surface area (Å²) in [5.74, 6) is 0.181. The second-order valence-electron chi connectivity index (χ2n) is 5.82. The summed E-state index contributed by atoms with van der Waals surface area (Å²) in [4.78, 5) is 12.0. The summed E-state index contributed by atoms with van der Waals surface area (Å²) >= 11 is -0.247. The van der Waals surface area contributed by atoms with Gasteiger partial charge < -0.3 is 19.7 Å². The van der Waals surface area contributed by atoms with Crippen molar-refractivity contribution >= 4 is 28.6 Å². The molecule has 1 unspecified atom stereocenters. The summed E-state index contributed by atoms with van der Waals surface area (Å²) in [6, 6.07) is 15.0. The zero-order valence-corrected chi connectivity index (χ0v) is 16.6. The number of carbonyl (C=O) groups is 1. The third-order valence-electron chi connectivity index (χ3n) is 3.98. The van der Waals surface area contributed by atoms with Crippen LogP contribution in [0.4, 0.5) is 9.18 Å². The second-order valence-corrected chi connectivity index (χ2v) is 8.64. The molecule has 28 heavy (non-hydrogen) atoms. The van der Waals surface area contributed by atoms with Crippen LogP contribution in [0, 0.1) is 5.82 Å². The molecule has 0 saturated carbocycles. The van der Waals surface area contributed by atoms with Gasteiger partial charge in [0.1, 0.15) is 11.6 Å². The molecular formula is C20H18FNO4S2. The van der Waals surface area contributed by atoms with Crippen LogP contribution in [0.25, 0.3) is 11.1 Å². The molecule has 1 amide bonds. The number of rotatable bonds is 7. The molecule has 0 saturated heterocycles. The van der Waals surface area contributed by atoms with E-state index >= 15 is 0 Å². The average Bonchev–Trinajstić information content (AvgIpc) is 3.11. The predicted octanol–water partition coefficient (Wildman–Crippen LogP) is 4.54. The Morgan fingerprint density at radius 3 is 2.71 bits per heavy atom. The second kappa shape index (κ2) is 9.09. The number of thiophene rings is 1. The number of nitrogens with one attached hydrogen (secondary N) is 1. The van der Waals surface area contributed by atoms with Gasteiger partial charge in [0.05, 0.1) is 12.7 Å². The van der Waals surface area contributed by atoms with Crippen molar-refractivity contribution in [3.05, 3.63) is 65.3 Å². The van der Waals surface area contributed by atoms with Crippen molar-refractivity contribution < 1.29 is 23.6 Å². The summed E-state index contributed by atoms with van der Waals surface area (Å²) in [5.41, 5.74) is 0.914. The molecule has 0 spiro atoms. The maximum atomic E-state index is 14.4. The van der Waals surface area contributed by atoms with E-state index < -0.39 is 23.1 Å². The lowest BCUT2D eigenvalue weighted by Gasteiger charge is -2.11. The number of ether oxygens (including phenoxy) is 1. The first-order valence-corrected chi connectivity index (χ1v) is 10.4.